The lowest BCUT2D eigenvalue weighted by molar-refractivity contribution is -0.126. The third-order valence-corrected chi connectivity index (χ3v) is 3.49. The summed E-state index contributed by atoms with van der Waals surface area (Å²) in [6.45, 7) is 8.01. The summed E-state index contributed by atoms with van der Waals surface area (Å²) >= 11 is 0. The molecule has 0 saturated carbocycles. The molecule has 0 radical (unpaired) electrons. The molecule has 20 heavy (non-hydrogen) atoms. The van der Waals surface area contributed by atoms with E-state index in [1.165, 1.54) is 24.0 Å². The van der Waals surface area contributed by atoms with Crippen LogP contribution in [-0.2, 0) is 11.2 Å². The van der Waals surface area contributed by atoms with Crippen molar-refractivity contribution in [2.24, 2.45) is 5.41 Å². The second-order valence-electron chi connectivity index (χ2n) is 5.66. The van der Waals surface area contributed by atoms with E-state index in [1.807, 2.05) is 26.0 Å². The van der Waals surface area contributed by atoms with Crippen LogP contribution in [0.15, 0.2) is 18.2 Å². The highest BCUT2D eigenvalue weighted by Gasteiger charge is 2.23. The fraction of sp³-hybridized carbons (Fsp3) is 0.500. The van der Waals surface area contributed by atoms with E-state index in [0.717, 1.165) is 12.0 Å². The lowest BCUT2D eigenvalue weighted by Crippen LogP contribution is -2.33. The third-order valence-electron chi connectivity index (χ3n) is 3.49. The molecule has 0 heterocycles. The van der Waals surface area contributed by atoms with Crippen LogP contribution in [0.4, 0.5) is 0 Å². The molecule has 0 saturated heterocycles. The molecule has 1 N–H and O–H groups in total. The maximum atomic E-state index is 11.8. The first-order chi connectivity index (χ1) is 9.42. The first kappa shape index (κ1) is 16.3. The molecule has 1 aromatic carbocycles. The Morgan fingerprint density at radius 2 is 2.05 bits per heavy atom. The molecule has 0 aliphatic carbocycles. The minimum absolute atomic E-state index is 0.0484. The van der Waals surface area contributed by atoms with Crippen molar-refractivity contribution in [3.8, 4) is 11.8 Å². The van der Waals surface area contributed by atoms with Crippen molar-refractivity contribution in [3.05, 3.63) is 34.9 Å². The Labute approximate surface area is 123 Å². The van der Waals surface area contributed by atoms with Gasteiger partial charge in [-0.05, 0) is 50.8 Å². The molecule has 108 valence electrons. The van der Waals surface area contributed by atoms with Gasteiger partial charge in [-0.15, -0.1) is 0 Å². The van der Waals surface area contributed by atoms with Gasteiger partial charge in [0.2, 0.25) is 5.91 Å². The van der Waals surface area contributed by atoms with Gasteiger partial charge in [-0.1, -0.05) is 37.3 Å². The van der Waals surface area contributed by atoms with E-state index in [0.29, 0.717) is 0 Å². The number of hydrogen-bond donors (Lipinski definition) is 1. The van der Waals surface area contributed by atoms with Gasteiger partial charge in [-0.3, -0.25) is 4.79 Å². The predicted octanol–water partition coefficient (Wildman–Crippen LogP) is 3.46. The van der Waals surface area contributed by atoms with E-state index < -0.39 is 5.41 Å². The summed E-state index contributed by atoms with van der Waals surface area (Å²) < 4.78 is 0. The molecular formula is C18H25NO. The normalized spacial score (nSPS) is 10.7. The number of benzene rings is 1. The summed E-state index contributed by atoms with van der Waals surface area (Å²) in [5, 5.41) is 2.66. The smallest absolute Gasteiger partial charge is 0.237 e. The SMILES string of the molecule is CCCCc1c(C)cccc1C#CC(C)(C)C(=O)NC. The summed E-state index contributed by atoms with van der Waals surface area (Å²) in [5.74, 6) is 6.27. The van der Waals surface area contributed by atoms with Crippen LogP contribution >= 0.6 is 0 Å². The number of hydrogen-bond acceptors (Lipinski definition) is 1. The number of amides is 1. The molecule has 0 atom stereocenters. The van der Waals surface area contributed by atoms with E-state index >= 15 is 0 Å². The van der Waals surface area contributed by atoms with Gasteiger partial charge >= 0.3 is 0 Å². The van der Waals surface area contributed by atoms with Crippen molar-refractivity contribution in [3.63, 3.8) is 0 Å². The fourth-order valence-corrected chi connectivity index (χ4v) is 2.10. The van der Waals surface area contributed by atoms with E-state index in [4.69, 9.17) is 0 Å². The first-order valence-corrected chi connectivity index (χ1v) is 7.26. The molecule has 0 unspecified atom stereocenters. The van der Waals surface area contributed by atoms with Crippen LogP contribution in [0.1, 0.15) is 50.3 Å². The number of carbonyl (C=O) groups excluding carboxylic acids is 1. The van der Waals surface area contributed by atoms with E-state index in [2.05, 4.69) is 37.1 Å². The summed E-state index contributed by atoms with van der Waals surface area (Å²) in [7, 11) is 1.64. The molecule has 0 fully saturated rings. The Morgan fingerprint density at radius 1 is 1.35 bits per heavy atom. The summed E-state index contributed by atoms with van der Waals surface area (Å²) in [6, 6.07) is 6.20. The largest absolute Gasteiger partial charge is 0.358 e. The van der Waals surface area contributed by atoms with Crippen LogP contribution in [0.3, 0.4) is 0 Å². The fourth-order valence-electron chi connectivity index (χ4n) is 2.10. The zero-order chi connectivity index (χ0) is 15.2. The lowest BCUT2D eigenvalue weighted by Gasteiger charge is -2.15. The third kappa shape index (κ3) is 4.13. The molecule has 0 bridgehead atoms. The average molecular weight is 271 g/mol. The number of carbonyl (C=O) groups is 1. The van der Waals surface area contributed by atoms with Gasteiger partial charge in [0.25, 0.3) is 0 Å². The van der Waals surface area contributed by atoms with Crippen LogP contribution in [0.2, 0.25) is 0 Å². The number of nitrogens with one attached hydrogen (secondary N) is 1. The van der Waals surface area contributed by atoms with Gasteiger partial charge in [0, 0.05) is 12.6 Å². The van der Waals surface area contributed by atoms with Crippen molar-refractivity contribution in [2.45, 2.75) is 47.0 Å². The maximum Gasteiger partial charge on any atom is 0.237 e. The number of rotatable bonds is 4. The molecule has 2 heteroatoms. The number of aryl methyl sites for hydroxylation is 1. The standard InChI is InChI=1S/C18H25NO/c1-6-7-11-16-14(2)9-8-10-15(16)12-13-18(3,4)17(20)19-5/h8-10H,6-7,11H2,1-5H3,(H,19,20). The van der Waals surface area contributed by atoms with Crippen LogP contribution in [0, 0.1) is 24.2 Å². The maximum absolute atomic E-state index is 11.8. The van der Waals surface area contributed by atoms with Gasteiger partial charge < -0.3 is 5.32 Å². The van der Waals surface area contributed by atoms with Crippen LogP contribution in [0.25, 0.3) is 0 Å². The minimum Gasteiger partial charge on any atom is -0.358 e. The van der Waals surface area contributed by atoms with Gasteiger partial charge in [-0.25, -0.2) is 0 Å². The van der Waals surface area contributed by atoms with Gasteiger partial charge in [0.15, 0.2) is 0 Å². The van der Waals surface area contributed by atoms with Crippen molar-refractivity contribution < 1.29 is 4.79 Å². The summed E-state index contributed by atoms with van der Waals surface area (Å²) in [6.07, 6.45) is 3.39. The number of unbranched alkanes of at least 4 members (excludes halogenated alkanes) is 1. The van der Waals surface area contributed by atoms with Crippen LogP contribution in [0.5, 0.6) is 0 Å². The molecule has 0 aliphatic rings. The molecule has 0 aliphatic heterocycles. The highest BCUT2D eigenvalue weighted by Crippen LogP contribution is 2.18. The van der Waals surface area contributed by atoms with Crippen molar-refractivity contribution >= 4 is 5.91 Å². The van der Waals surface area contributed by atoms with Crippen molar-refractivity contribution in [1.29, 1.82) is 0 Å². The average Bonchev–Trinajstić information content (AvgIpc) is 2.43. The molecule has 1 aromatic rings. The molecule has 0 aromatic heterocycles. The van der Waals surface area contributed by atoms with Crippen molar-refractivity contribution in [2.75, 3.05) is 7.05 Å². The predicted molar refractivity (Wildman–Crippen MR) is 84.5 cm³/mol. The van der Waals surface area contributed by atoms with E-state index in [-0.39, 0.29) is 5.91 Å². The highest BCUT2D eigenvalue weighted by molar-refractivity contribution is 5.84. The van der Waals surface area contributed by atoms with Crippen LogP contribution < -0.4 is 5.32 Å². The second kappa shape index (κ2) is 7.14. The summed E-state index contributed by atoms with van der Waals surface area (Å²) in [4.78, 5) is 11.8. The zero-order valence-corrected chi connectivity index (χ0v) is 13.3. The second-order valence-corrected chi connectivity index (χ2v) is 5.66. The topological polar surface area (TPSA) is 29.1 Å². The minimum atomic E-state index is -0.666. The van der Waals surface area contributed by atoms with Crippen molar-refractivity contribution in [1.82, 2.24) is 5.32 Å². The molecule has 1 amide bonds. The Hall–Kier alpha value is -1.75. The highest BCUT2D eigenvalue weighted by atomic mass is 16.2. The molecule has 0 spiro atoms. The Bertz CT molecular complexity index is 532. The van der Waals surface area contributed by atoms with Crippen LogP contribution in [-0.4, -0.2) is 13.0 Å². The quantitative estimate of drug-likeness (QED) is 0.835. The van der Waals surface area contributed by atoms with Gasteiger partial charge in [0.1, 0.15) is 5.41 Å². The zero-order valence-electron chi connectivity index (χ0n) is 13.3. The first-order valence-electron chi connectivity index (χ1n) is 7.26. The Balaban J connectivity index is 3.10. The molecular weight excluding hydrogens is 246 g/mol. The van der Waals surface area contributed by atoms with Gasteiger partial charge in [0.05, 0.1) is 0 Å². The van der Waals surface area contributed by atoms with E-state index in [9.17, 15) is 4.79 Å². The Morgan fingerprint density at radius 3 is 2.65 bits per heavy atom. The van der Waals surface area contributed by atoms with Gasteiger partial charge in [-0.2, -0.15) is 0 Å². The van der Waals surface area contributed by atoms with E-state index in [1.54, 1.807) is 7.05 Å². The Kier molecular flexibility index (Phi) is 5.82. The monoisotopic (exact) mass is 271 g/mol. The molecule has 2 nitrogen and oxygen atoms in total. The lowest BCUT2D eigenvalue weighted by atomic mass is 9.91. The molecule has 1 rings (SSSR count). The summed E-state index contributed by atoms with van der Waals surface area (Å²) in [5.41, 5.74) is 2.98.